The van der Waals surface area contributed by atoms with Crippen LogP contribution in [0.15, 0.2) is 0 Å². The lowest BCUT2D eigenvalue weighted by molar-refractivity contribution is -0.126. The third kappa shape index (κ3) is 2.40. The average molecular weight is 288 g/mol. The van der Waals surface area contributed by atoms with Crippen LogP contribution in [0.2, 0.25) is 0 Å². The molecule has 2 aliphatic rings. The molecule has 0 aliphatic carbocycles. The van der Waals surface area contributed by atoms with Crippen molar-refractivity contribution in [2.75, 3.05) is 19.3 Å². The van der Waals surface area contributed by atoms with Gasteiger partial charge in [-0.1, -0.05) is 0 Å². The van der Waals surface area contributed by atoms with E-state index in [0.717, 1.165) is 13.0 Å². The van der Waals surface area contributed by atoms with E-state index >= 15 is 0 Å². The van der Waals surface area contributed by atoms with Crippen molar-refractivity contribution in [3.05, 3.63) is 0 Å². The largest absolute Gasteiger partial charge is 0.351 e. The first-order valence-electron chi connectivity index (χ1n) is 6.90. The summed E-state index contributed by atoms with van der Waals surface area (Å²) in [7, 11) is -1.11. The van der Waals surface area contributed by atoms with E-state index in [9.17, 15) is 13.2 Å². The standard InChI is InChI=1S/C13H24N2O3S/c1-9-11(5-7-15(9)4)14-12(16)10-6-8-19(17,18)13(10,2)3/h9-11H,5-8H2,1-4H3,(H,14,16). The van der Waals surface area contributed by atoms with E-state index in [-0.39, 0.29) is 17.7 Å². The van der Waals surface area contributed by atoms with Crippen LogP contribution in [0.1, 0.15) is 33.6 Å². The van der Waals surface area contributed by atoms with Gasteiger partial charge in [0.2, 0.25) is 5.91 Å². The first kappa shape index (κ1) is 14.8. The van der Waals surface area contributed by atoms with Gasteiger partial charge in [0.25, 0.3) is 0 Å². The van der Waals surface area contributed by atoms with Crippen molar-refractivity contribution in [2.24, 2.45) is 5.92 Å². The second-order valence-corrected chi connectivity index (χ2v) is 9.08. The van der Waals surface area contributed by atoms with Crippen molar-refractivity contribution in [3.8, 4) is 0 Å². The summed E-state index contributed by atoms with van der Waals surface area (Å²) >= 11 is 0. The summed E-state index contributed by atoms with van der Waals surface area (Å²) in [5, 5.41) is 3.05. The molecule has 3 atom stereocenters. The number of hydrogen-bond donors (Lipinski definition) is 1. The van der Waals surface area contributed by atoms with Crippen LogP contribution in [0.3, 0.4) is 0 Å². The molecule has 0 aromatic carbocycles. The predicted molar refractivity (Wildman–Crippen MR) is 74.6 cm³/mol. The lowest BCUT2D eigenvalue weighted by Gasteiger charge is -2.28. The fourth-order valence-electron chi connectivity index (χ4n) is 3.12. The number of rotatable bonds is 2. The van der Waals surface area contributed by atoms with Gasteiger partial charge in [-0.3, -0.25) is 4.79 Å². The van der Waals surface area contributed by atoms with Crippen molar-refractivity contribution in [2.45, 2.75) is 50.4 Å². The molecular weight excluding hydrogens is 264 g/mol. The van der Waals surface area contributed by atoms with Crippen molar-refractivity contribution < 1.29 is 13.2 Å². The molecule has 0 radical (unpaired) electrons. The fourth-order valence-corrected chi connectivity index (χ4v) is 4.85. The molecule has 0 saturated carbocycles. The number of amides is 1. The molecule has 2 fully saturated rings. The highest BCUT2D eigenvalue weighted by atomic mass is 32.2. The van der Waals surface area contributed by atoms with Crippen molar-refractivity contribution in [3.63, 3.8) is 0 Å². The predicted octanol–water partition coefficient (Wildman–Crippen LogP) is 0.409. The van der Waals surface area contributed by atoms with Crippen LogP contribution < -0.4 is 5.32 Å². The van der Waals surface area contributed by atoms with Gasteiger partial charge < -0.3 is 10.2 Å². The van der Waals surface area contributed by atoms with Gasteiger partial charge in [0.15, 0.2) is 9.84 Å². The number of nitrogens with one attached hydrogen (secondary N) is 1. The van der Waals surface area contributed by atoms with Crippen molar-refractivity contribution in [1.29, 1.82) is 0 Å². The van der Waals surface area contributed by atoms with Gasteiger partial charge in [-0.05, 0) is 40.7 Å². The molecule has 0 aromatic rings. The van der Waals surface area contributed by atoms with Crippen LogP contribution >= 0.6 is 0 Å². The molecule has 110 valence electrons. The smallest absolute Gasteiger partial charge is 0.224 e. The Hall–Kier alpha value is -0.620. The van der Waals surface area contributed by atoms with Gasteiger partial charge in [0.1, 0.15) is 0 Å². The normalized spacial score (nSPS) is 37.4. The number of carbonyl (C=O) groups is 1. The van der Waals surface area contributed by atoms with Crippen LogP contribution in [0.25, 0.3) is 0 Å². The Morgan fingerprint density at radius 1 is 1.32 bits per heavy atom. The zero-order valence-corrected chi connectivity index (χ0v) is 13.0. The summed E-state index contributed by atoms with van der Waals surface area (Å²) in [5.41, 5.74) is 0. The van der Waals surface area contributed by atoms with Gasteiger partial charge in [0.05, 0.1) is 16.4 Å². The molecule has 19 heavy (non-hydrogen) atoms. The lowest BCUT2D eigenvalue weighted by atomic mass is 9.91. The molecule has 2 saturated heterocycles. The maximum atomic E-state index is 12.4. The number of likely N-dealkylation sites (tertiary alicyclic amines) is 1. The minimum atomic E-state index is -3.15. The minimum absolute atomic E-state index is 0.0989. The van der Waals surface area contributed by atoms with E-state index < -0.39 is 20.5 Å². The Morgan fingerprint density at radius 3 is 2.37 bits per heavy atom. The highest BCUT2D eigenvalue weighted by molar-refractivity contribution is 7.93. The summed E-state index contributed by atoms with van der Waals surface area (Å²) in [6.45, 7) is 6.40. The Labute approximate surface area is 115 Å². The highest BCUT2D eigenvalue weighted by Crippen LogP contribution is 2.37. The quantitative estimate of drug-likeness (QED) is 0.799. The molecule has 0 aromatic heterocycles. The Morgan fingerprint density at radius 2 is 1.95 bits per heavy atom. The number of hydrogen-bond acceptors (Lipinski definition) is 4. The molecule has 2 rings (SSSR count). The molecule has 3 unspecified atom stereocenters. The third-order valence-corrected chi connectivity index (χ3v) is 7.69. The van der Waals surface area contributed by atoms with Crippen molar-refractivity contribution in [1.82, 2.24) is 10.2 Å². The molecule has 0 bridgehead atoms. The van der Waals surface area contributed by atoms with E-state index in [1.807, 2.05) is 7.05 Å². The summed E-state index contributed by atoms with van der Waals surface area (Å²) < 4.78 is 23.0. The first-order chi connectivity index (χ1) is 8.67. The summed E-state index contributed by atoms with van der Waals surface area (Å²) in [6.07, 6.45) is 1.38. The molecule has 6 heteroatoms. The van der Waals surface area contributed by atoms with Gasteiger partial charge in [-0.2, -0.15) is 0 Å². The maximum absolute atomic E-state index is 12.4. The first-order valence-corrected chi connectivity index (χ1v) is 8.55. The number of likely N-dealkylation sites (N-methyl/N-ethyl adjacent to an activating group) is 1. The molecule has 1 amide bonds. The minimum Gasteiger partial charge on any atom is -0.351 e. The Balaban J connectivity index is 2.06. The zero-order valence-electron chi connectivity index (χ0n) is 12.1. The van der Waals surface area contributed by atoms with Gasteiger partial charge in [-0.25, -0.2) is 8.42 Å². The van der Waals surface area contributed by atoms with E-state index in [4.69, 9.17) is 0 Å². The van der Waals surface area contributed by atoms with E-state index in [1.165, 1.54) is 0 Å². The topological polar surface area (TPSA) is 66.5 Å². The Kier molecular flexibility index (Phi) is 3.68. The van der Waals surface area contributed by atoms with E-state index in [1.54, 1.807) is 13.8 Å². The maximum Gasteiger partial charge on any atom is 0.224 e. The number of sulfone groups is 1. The van der Waals surface area contributed by atoms with Gasteiger partial charge in [0, 0.05) is 18.6 Å². The third-order valence-electron chi connectivity index (χ3n) is 5.03. The summed E-state index contributed by atoms with van der Waals surface area (Å²) in [4.78, 5) is 14.6. The fraction of sp³-hybridized carbons (Fsp3) is 0.923. The van der Waals surface area contributed by atoms with Crippen molar-refractivity contribution >= 4 is 15.7 Å². The molecule has 2 aliphatic heterocycles. The molecule has 5 nitrogen and oxygen atoms in total. The monoisotopic (exact) mass is 288 g/mol. The molecule has 1 N–H and O–H groups in total. The number of nitrogens with zero attached hydrogens (tertiary/aromatic N) is 1. The zero-order chi connectivity index (χ0) is 14.4. The summed E-state index contributed by atoms with van der Waals surface area (Å²) in [6, 6.07) is 0.446. The van der Waals surface area contributed by atoms with Crippen LogP contribution in [0.5, 0.6) is 0 Å². The summed E-state index contributed by atoms with van der Waals surface area (Å²) in [5.74, 6) is -0.396. The van der Waals surface area contributed by atoms with E-state index in [0.29, 0.717) is 12.5 Å². The second-order valence-electron chi connectivity index (χ2n) is 6.39. The molecule has 2 heterocycles. The van der Waals surface area contributed by atoms with E-state index in [2.05, 4.69) is 17.1 Å². The second kappa shape index (κ2) is 4.74. The van der Waals surface area contributed by atoms with Gasteiger partial charge >= 0.3 is 0 Å². The van der Waals surface area contributed by atoms with Crippen LogP contribution in [-0.4, -0.2) is 55.4 Å². The highest BCUT2D eigenvalue weighted by Gasteiger charge is 2.51. The Bertz CT molecular complexity index is 472. The molecular formula is C13H24N2O3S. The van der Waals surface area contributed by atoms with Crippen LogP contribution in [-0.2, 0) is 14.6 Å². The average Bonchev–Trinajstić information content (AvgIpc) is 2.70. The number of carbonyl (C=O) groups excluding carboxylic acids is 1. The lowest BCUT2D eigenvalue weighted by Crippen LogP contribution is -2.49. The van der Waals surface area contributed by atoms with Gasteiger partial charge in [-0.15, -0.1) is 0 Å². The SMILES string of the molecule is CC1C(NC(=O)C2CCS(=O)(=O)C2(C)C)CCN1C. The van der Waals surface area contributed by atoms with Crippen LogP contribution in [0.4, 0.5) is 0 Å². The van der Waals surface area contributed by atoms with Crippen LogP contribution in [0, 0.1) is 5.92 Å². The molecule has 0 spiro atoms.